The van der Waals surface area contributed by atoms with Crippen LogP contribution in [0.25, 0.3) is 11.0 Å². The molecule has 1 saturated heterocycles. The lowest BCUT2D eigenvalue weighted by molar-refractivity contribution is 0.0677. The Morgan fingerprint density at radius 3 is 2.59 bits per heavy atom. The number of hydrogen-bond donors (Lipinski definition) is 0. The number of halogens is 1. The Morgan fingerprint density at radius 2 is 1.86 bits per heavy atom. The predicted octanol–water partition coefficient (Wildman–Crippen LogP) is 3.28. The summed E-state index contributed by atoms with van der Waals surface area (Å²) in [7, 11) is -3.23. The predicted molar refractivity (Wildman–Crippen MR) is 111 cm³/mol. The Balaban J connectivity index is 1.76. The lowest BCUT2D eigenvalue weighted by atomic mass is 10.1. The maximum atomic E-state index is 13.4. The van der Waals surface area contributed by atoms with Gasteiger partial charge in [-0.3, -0.25) is 4.79 Å². The minimum atomic E-state index is -3.23. The quantitative estimate of drug-likeness (QED) is 0.592. The highest BCUT2D eigenvalue weighted by atomic mass is 35.5. The van der Waals surface area contributed by atoms with Crippen LogP contribution in [0.4, 0.5) is 0 Å². The first kappa shape index (κ1) is 19.7. The molecular formula is C21H18ClNO5S. The van der Waals surface area contributed by atoms with Gasteiger partial charge in [-0.2, -0.15) is 0 Å². The Kier molecular flexibility index (Phi) is 5.19. The Hall–Kier alpha value is -2.64. The molecule has 0 N–H and O–H groups in total. The zero-order valence-corrected chi connectivity index (χ0v) is 16.9. The van der Waals surface area contributed by atoms with E-state index in [1.165, 1.54) is 11.0 Å². The Labute approximate surface area is 172 Å². The van der Waals surface area contributed by atoms with Crippen LogP contribution in [0, 0.1) is 0 Å². The van der Waals surface area contributed by atoms with Crippen molar-refractivity contribution < 1.29 is 17.6 Å². The molecule has 1 aromatic heterocycles. The normalized spacial score (nSPS) is 18.0. The summed E-state index contributed by atoms with van der Waals surface area (Å²) in [6.07, 6.45) is 0.317. The highest BCUT2D eigenvalue weighted by Crippen LogP contribution is 2.25. The molecule has 3 aromatic rings. The van der Waals surface area contributed by atoms with Gasteiger partial charge in [0.1, 0.15) is 11.1 Å². The molecule has 4 rings (SSSR count). The molecule has 1 unspecified atom stereocenters. The van der Waals surface area contributed by atoms with Gasteiger partial charge in [0.2, 0.25) is 0 Å². The summed E-state index contributed by atoms with van der Waals surface area (Å²) in [5, 5.41) is 1.09. The van der Waals surface area contributed by atoms with Gasteiger partial charge in [-0.25, -0.2) is 13.2 Å². The van der Waals surface area contributed by atoms with Crippen molar-refractivity contribution in [3.05, 3.63) is 81.2 Å². The van der Waals surface area contributed by atoms with E-state index in [0.717, 1.165) is 0 Å². The monoisotopic (exact) mass is 431 g/mol. The zero-order chi connectivity index (χ0) is 20.6. The van der Waals surface area contributed by atoms with Crippen LogP contribution in [0.3, 0.4) is 0 Å². The van der Waals surface area contributed by atoms with Crippen molar-refractivity contribution in [2.75, 3.05) is 11.5 Å². The minimum absolute atomic E-state index is 0.0102. The molecule has 2 heterocycles. The van der Waals surface area contributed by atoms with Crippen LogP contribution in [0.15, 0.2) is 63.8 Å². The van der Waals surface area contributed by atoms with Crippen LogP contribution < -0.4 is 5.63 Å². The van der Waals surface area contributed by atoms with Gasteiger partial charge in [0.25, 0.3) is 5.91 Å². The summed E-state index contributed by atoms with van der Waals surface area (Å²) in [4.78, 5) is 27.3. The maximum Gasteiger partial charge on any atom is 0.349 e. The molecule has 0 saturated carbocycles. The van der Waals surface area contributed by atoms with Gasteiger partial charge in [-0.15, -0.1) is 0 Å². The summed E-state index contributed by atoms with van der Waals surface area (Å²) in [5.74, 6) is -0.690. The number of carbonyl (C=O) groups is 1. The fourth-order valence-electron chi connectivity index (χ4n) is 3.56. The number of carbonyl (C=O) groups excluding carboxylic acids is 1. The summed E-state index contributed by atoms with van der Waals surface area (Å²) < 4.78 is 29.3. The van der Waals surface area contributed by atoms with Crippen molar-refractivity contribution in [2.24, 2.45) is 0 Å². The van der Waals surface area contributed by atoms with Gasteiger partial charge in [-0.1, -0.05) is 48.0 Å². The van der Waals surface area contributed by atoms with Crippen LogP contribution in [0.1, 0.15) is 22.3 Å². The molecule has 0 aliphatic carbocycles. The van der Waals surface area contributed by atoms with Gasteiger partial charge < -0.3 is 9.32 Å². The van der Waals surface area contributed by atoms with Crippen LogP contribution in [-0.4, -0.2) is 36.8 Å². The summed E-state index contributed by atoms with van der Waals surface area (Å²) in [6, 6.07) is 14.9. The average Bonchev–Trinajstić information content (AvgIpc) is 3.05. The van der Waals surface area contributed by atoms with Crippen molar-refractivity contribution in [3.8, 4) is 0 Å². The van der Waals surface area contributed by atoms with Crippen LogP contribution in [0.5, 0.6) is 0 Å². The molecule has 1 aliphatic heterocycles. The third-order valence-corrected chi connectivity index (χ3v) is 7.20. The van der Waals surface area contributed by atoms with Gasteiger partial charge in [0.05, 0.1) is 11.5 Å². The van der Waals surface area contributed by atoms with Gasteiger partial charge in [0, 0.05) is 23.0 Å². The molecular weight excluding hydrogens is 414 g/mol. The SMILES string of the molecule is O=C(c1cc2ccccc2oc1=O)N(Cc1ccccc1Cl)C1CCS(=O)(=O)C1. The Bertz CT molecular complexity index is 1250. The third-order valence-electron chi connectivity index (χ3n) is 5.08. The van der Waals surface area contributed by atoms with E-state index >= 15 is 0 Å². The smallest absolute Gasteiger partial charge is 0.349 e. The fourth-order valence-corrected chi connectivity index (χ4v) is 5.49. The highest BCUT2D eigenvalue weighted by Gasteiger charge is 2.36. The number of para-hydroxylation sites is 1. The first-order valence-electron chi connectivity index (χ1n) is 9.12. The van der Waals surface area contributed by atoms with E-state index < -0.39 is 27.4 Å². The lowest BCUT2D eigenvalue weighted by Crippen LogP contribution is -2.42. The van der Waals surface area contributed by atoms with Crippen LogP contribution in [0.2, 0.25) is 5.02 Å². The van der Waals surface area contributed by atoms with Crippen LogP contribution in [-0.2, 0) is 16.4 Å². The first-order valence-corrected chi connectivity index (χ1v) is 11.3. The Morgan fingerprint density at radius 1 is 1.14 bits per heavy atom. The molecule has 0 spiro atoms. The van der Waals surface area contributed by atoms with E-state index in [1.807, 2.05) is 0 Å². The summed E-state index contributed by atoms with van der Waals surface area (Å²) in [6.45, 7) is 0.102. The lowest BCUT2D eigenvalue weighted by Gasteiger charge is -2.28. The number of benzene rings is 2. The van der Waals surface area contributed by atoms with E-state index in [9.17, 15) is 18.0 Å². The zero-order valence-electron chi connectivity index (χ0n) is 15.4. The molecule has 1 amide bonds. The van der Waals surface area contributed by atoms with E-state index in [2.05, 4.69) is 0 Å². The van der Waals surface area contributed by atoms with Crippen LogP contribution >= 0.6 is 11.6 Å². The number of hydrogen-bond acceptors (Lipinski definition) is 5. The molecule has 1 aliphatic rings. The molecule has 1 atom stereocenters. The van der Waals surface area contributed by atoms with Crippen molar-refractivity contribution in [1.29, 1.82) is 0 Å². The average molecular weight is 432 g/mol. The molecule has 6 nitrogen and oxygen atoms in total. The second-order valence-electron chi connectivity index (χ2n) is 7.07. The molecule has 150 valence electrons. The standard InChI is InChI=1S/C21H18ClNO5S/c22-18-7-3-1-6-15(18)12-23(16-9-10-29(26,27)13-16)20(24)17-11-14-5-2-4-8-19(14)28-21(17)25/h1-8,11,16H,9-10,12-13H2. The maximum absolute atomic E-state index is 13.4. The van der Waals surface area contributed by atoms with E-state index in [4.69, 9.17) is 16.0 Å². The van der Waals surface area contributed by atoms with Gasteiger partial charge in [0.15, 0.2) is 9.84 Å². The largest absolute Gasteiger partial charge is 0.422 e. The number of sulfone groups is 1. The fraction of sp³-hybridized carbons (Fsp3) is 0.238. The van der Waals surface area contributed by atoms with Gasteiger partial charge >= 0.3 is 5.63 Å². The molecule has 8 heteroatoms. The van der Waals surface area contributed by atoms with E-state index in [0.29, 0.717) is 28.0 Å². The van der Waals surface area contributed by atoms with Crippen molar-refractivity contribution in [2.45, 2.75) is 19.0 Å². The number of amides is 1. The molecule has 2 aromatic carbocycles. The van der Waals surface area contributed by atoms with Crippen molar-refractivity contribution >= 4 is 38.3 Å². The van der Waals surface area contributed by atoms with Gasteiger partial charge in [-0.05, 0) is 30.2 Å². The number of fused-ring (bicyclic) bond motifs is 1. The second-order valence-corrected chi connectivity index (χ2v) is 9.70. The topological polar surface area (TPSA) is 84.7 Å². The summed E-state index contributed by atoms with van der Waals surface area (Å²) in [5.41, 5.74) is 0.186. The third kappa shape index (κ3) is 4.06. The first-order chi connectivity index (χ1) is 13.8. The molecule has 1 fully saturated rings. The van der Waals surface area contributed by atoms with Crippen molar-refractivity contribution in [1.82, 2.24) is 4.90 Å². The van der Waals surface area contributed by atoms with E-state index in [1.54, 1.807) is 48.5 Å². The molecule has 0 radical (unpaired) electrons. The number of rotatable bonds is 4. The summed E-state index contributed by atoms with van der Waals surface area (Å²) >= 11 is 6.25. The van der Waals surface area contributed by atoms with E-state index in [-0.39, 0.29) is 23.6 Å². The number of nitrogens with zero attached hydrogens (tertiary/aromatic N) is 1. The molecule has 0 bridgehead atoms. The van der Waals surface area contributed by atoms with Crippen molar-refractivity contribution in [3.63, 3.8) is 0 Å². The molecule has 29 heavy (non-hydrogen) atoms. The highest BCUT2D eigenvalue weighted by molar-refractivity contribution is 7.91. The second kappa shape index (κ2) is 7.65. The minimum Gasteiger partial charge on any atom is -0.422 e.